The highest BCUT2D eigenvalue weighted by atomic mass is 16.2. The van der Waals surface area contributed by atoms with E-state index in [0.717, 1.165) is 40.3 Å². The van der Waals surface area contributed by atoms with Crippen LogP contribution in [0.2, 0.25) is 0 Å². The number of hydrogen-bond donors (Lipinski definition) is 2. The maximum absolute atomic E-state index is 12.1. The van der Waals surface area contributed by atoms with Crippen LogP contribution >= 0.6 is 0 Å². The monoisotopic (exact) mass is 382 g/mol. The van der Waals surface area contributed by atoms with E-state index in [0.29, 0.717) is 11.6 Å². The fraction of sp³-hybridized carbons (Fsp3) is 0.182. The van der Waals surface area contributed by atoms with Crippen LogP contribution < -0.4 is 10.6 Å². The highest BCUT2D eigenvalue weighted by molar-refractivity contribution is 5.99. The molecule has 0 aromatic carbocycles. The molecule has 1 aliphatic rings. The number of fused-ring (bicyclic) bond motifs is 2. The van der Waals surface area contributed by atoms with Crippen molar-refractivity contribution in [3.8, 4) is 11.8 Å². The summed E-state index contributed by atoms with van der Waals surface area (Å²) in [6.45, 7) is 0. The normalized spacial score (nSPS) is 13.1. The van der Waals surface area contributed by atoms with Gasteiger partial charge in [0.05, 0.1) is 22.8 Å². The highest BCUT2D eigenvalue weighted by Gasteiger charge is 2.29. The van der Waals surface area contributed by atoms with Crippen LogP contribution in [-0.2, 0) is 4.79 Å². The first-order valence-electron chi connectivity index (χ1n) is 9.44. The van der Waals surface area contributed by atoms with Gasteiger partial charge in [0.15, 0.2) is 0 Å². The number of anilines is 2. The molecule has 0 saturated heterocycles. The van der Waals surface area contributed by atoms with Gasteiger partial charge in [-0.3, -0.25) is 4.79 Å². The lowest BCUT2D eigenvalue weighted by atomic mass is 10.1. The van der Waals surface area contributed by atoms with Crippen LogP contribution in [0.25, 0.3) is 16.3 Å². The molecular formula is C22H18N6O. The van der Waals surface area contributed by atoms with Gasteiger partial charge in [0, 0.05) is 42.3 Å². The molecule has 1 aliphatic carbocycles. The van der Waals surface area contributed by atoms with E-state index in [1.54, 1.807) is 23.1 Å². The van der Waals surface area contributed by atoms with Gasteiger partial charge in [0.1, 0.15) is 11.6 Å². The maximum Gasteiger partial charge on any atom is 0.228 e. The number of carbonyl (C=O) groups is 1. The second-order valence-electron chi connectivity index (χ2n) is 6.99. The molecule has 0 aliphatic heterocycles. The number of pyridine rings is 3. The highest BCUT2D eigenvalue weighted by Crippen LogP contribution is 2.31. The van der Waals surface area contributed by atoms with Crippen molar-refractivity contribution in [2.24, 2.45) is 5.92 Å². The zero-order valence-electron chi connectivity index (χ0n) is 15.8. The zero-order valence-corrected chi connectivity index (χ0v) is 15.8. The minimum Gasteiger partial charge on any atom is -0.373 e. The Balaban J connectivity index is 1.58. The summed E-state index contributed by atoms with van der Waals surface area (Å²) in [7, 11) is 1.81. The van der Waals surface area contributed by atoms with Crippen LogP contribution in [0.5, 0.6) is 0 Å². The van der Waals surface area contributed by atoms with Gasteiger partial charge in [-0.15, -0.1) is 0 Å². The first kappa shape index (κ1) is 17.2. The minimum absolute atomic E-state index is 0.0266. The lowest BCUT2D eigenvalue weighted by Gasteiger charge is -2.09. The van der Waals surface area contributed by atoms with Crippen LogP contribution in [0.15, 0.2) is 49.1 Å². The van der Waals surface area contributed by atoms with Crippen LogP contribution in [0.3, 0.4) is 0 Å². The number of nitrogens with one attached hydrogen (secondary N) is 2. The maximum atomic E-state index is 12.1. The molecule has 1 saturated carbocycles. The van der Waals surface area contributed by atoms with Gasteiger partial charge in [-0.25, -0.2) is 14.5 Å². The summed E-state index contributed by atoms with van der Waals surface area (Å²) in [5.74, 6) is 7.81. The van der Waals surface area contributed by atoms with Crippen molar-refractivity contribution in [2.45, 2.75) is 12.8 Å². The van der Waals surface area contributed by atoms with Crippen molar-refractivity contribution >= 4 is 33.8 Å². The van der Waals surface area contributed by atoms with Gasteiger partial charge >= 0.3 is 0 Å². The number of carbonyl (C=O) groups excluding carboxylic acids is 1. The minimum atomic E-state index is 0.0266. The average Bonchev–Trinajstić information content (AvgIpc) is 3.53. The van der Waals surface area contributed by atoms with E-state index >= 15 is 0 Å². The van der Waals surface area contributed by atoms with Crippen molar-refractivity contribution < 1.29 is 4.79 Å². The fourth-order valence-electron chi connectivity index (χ4n) is 3.24. The van der Waals surface area contributed by atoms with E-state index in [9.17, 15) is 4.79 Å². The molecule has 0 bridgehead atoms. The SMILES string of the molecule is CNc1ncc(C#Cc2cnn3ccccc23)c2cc(NC(=O)C3CC3)ncc12. The van der Waals surface area contributed by atoms with E-state index < -0.39 is 0 Å². The van der Waals surface area contributed by atoms with Gasteiger partial charge in [-0.1, -0.05) is 17.9 Å². The number of rotatable bonds is 3. The Labute approximate surface area is 167 Å². The number of amides is 1. The molecule has 4 heterocycles. The molecule has 29 heavy (non-hydrogen) atoms. The molecular weight excluding hydrogens is 364 g/mol. The van der Waals surface area contributed by atoms with Crippen LogP contribution in [0.4, 0.5) is 11.6 Å². The Hall–Kier alpha value is -3.92. The molecule has 0 radical (unpaired) electrons. The number of aromatic nitrogens is 4. The first-order chi connectivity index (χ1) is 14.2. The van der Waals surface area contributed by atoms with E-state index in [1.807, 2.05) is 37.5 Å². The molecule has 4 aromatic rings. The Morgan fingerprint density at radius 3 is 2.79 bits per heavy atom. The molecule has 1 amide bonds. The Morgan fingerprint density at radius 1 is 1.10 bits per heavy atom. The fourth-order valence-corrected chi connectivity index (χ4v) is 3.24. The molecule has 142 valence electrons. The lowest BCUT2D eigenvalue weighted by Crippen LogP contribution is -2.14. The summed E-state index contributed by atoms with van der Waals surface area (Å²) in [6.07, 6.45) is 8.99. The molecule has 0 atom stereocenters. The molecule has 0 spiro atoms. The van der Waals surface area contributed by atoms with Gasteiger partial charge in [0.25, 0.3) is 0 Å². The lowest BCUT2D eigenvalue weighted by molar-refractivity contribution is -0.117. The second-order valence-corrected chi connectivity index (χ2v) is 6.99. The van der Waals surface area contributed by atoms with Crippen LogP contribution in [0.1, 0.15) is 24.0 Å². The summed E-state index contributed by atoms with van der Waals surface area (Å²) in [6, 6.07) is 7.72. The summed E-state index contributed by atoms with van der Waals surface area (Å²) >= 11 is 0. The molecule has 0 unspecified atom stereocenters. The van der Waals surface area contributed by atoms with Gasteiger partial charge in [-0.2, -0.15) is 5.10 Å². The largest absolute Gasteiger partial charge is 0.373 e. The van der Waals surface area contributed by atoms with E-state index in [-0.39, 0.29) is 11.8 Å². The van der Waals surface area contributed by atoms with Gasteiger partial charge < -0.3 is 10.6 Å². The predicted octanol–water partition coefficient (Wildman–Crippen LogP) is 3.07. The zero-order chi connectivity index (χ0) is 19.8. The van der Waals surface area contributed by atoms with E-state index in [4.69, 9.17) is 0 Å². The van der Waals surface area contributed by atoms with Crippen molar-refractivity contribution in [1.29, 1.82) is 0 Å². The first-order valence-corrected chi connectivity index (χ1v) is 9.44. The molecule has 4 aromatic heterocycles. The quantitative estimate of drug-likeness (QED) is 0.532. The van der Waals surface area contributed by atoms with Crippen molar-refractivity contribution in [3.05, 3.63) is 60.2 Å². The predicted molar refractivity (Wildman–Crippen MR) is 112 cm³/mol. The number of nitrogens with zero attached hydrogens (tertiary/aromatic N) is 4. The average molecular weight is 382 g/mol. The second kappa shape index (κ2) is 6.91. The topological polar surface area (TPSA) is 84.2 Å². The smallest absolute Gasteiger partial charge is 0.228 e. The molecule has 5 rings (SSSR count). The third kappa shape index (κ3) is 3.25. The van der Waals surface area contributed by atoms with Crippen molar-refractivity contribution in [1.82, 2.24) is 19.6 Å². The molecule has 2 N–H and O–H groups in total. The summed E-state index contributed by atoms with van der Waals surface area (Å²) in [4.78, 5) is 21.0. The third-order valence-corrected chi connectivity index (χ3v) is 4.97. The van der Waals surface area contributed by atoms with Crippen LogP contribution in [-0.4, -0.2) is 32.5 Å². The van der Waals surface area contributed by atoms with Gasteiger partial charge in [-0.05, 0) is 31.0 Å². The Bertz CT molecular complexity index is 1310. The number of hydrogen-bond acceptors (Lipinski definition) is 5. The Morgan fingerprint density at radius 2 is 1.97 bits per heavy atom. The standard InChI is InChI=1S/C22H18N6O/c1-23-21-18-13-24-20(27-22(29)14-5-6-14)10-17(18)15(11-25-21)7-8-16-12-26-28-9-3-2-4-19(16)28/h2-4,9-14H,5-6H2,1H3,(H,23,25)(H,24,27,29). The molecule has 7 heteroatoms. The van der Waals surface area contributed by atoms with Crippen molar-refractivity contribution in [3.63, 3.8) is 0 Å². The van der Waals surface area contributed by atoms with E-state index in [2.05, 4.69) is 37.5 Å². The Kier molecular flexibility index (Phi) is 4.10. The van der Waals surface area contributed by atoms with Gasteiger partial charge in [0.2, 0.25) is 5.91 Å². The summed E-state index contributed by atoms with van der Waals surface area (Å²) < 4.78 is 1.79. The third-order valence-electron chi connectivity index (χ3n) is 4.97. The van der Waals surface area contributed by atoms with Crippen LogP contribution in [0, 0.1) is 17.8 Å². The summed E-state index contributed by atoms with van der Waals surface area (Å²) in [5, 5.41) is 12.0. The molecule has 7 nitrogen and oxygen atoms in total. The summed E-state index contributed by atoms with van der Waals surface area (Å²) in [5.41, 5.74) is 2.55. The van der Waals surface area contributed by atoms with Crippen molar-refractivity contribution in [2.75, 3.05) is 17.7 Å². The van der Waals surface area contributed by atoms with E-state index in [1.165, 1.54) is 0 Å². The molecule has 1 fully saturated rings.